The normalized spacial score (nSPS) is 23.9. The minimum absolute atomic E-state index is 0.0837. The zero-order valence-electron chi connectivity index (χ0n) is 13.8. The van der Waals surface area contributed by atoms with Crippen LogP contribution in [0.25, 0.3) is 0 Å². The summed E-state index contributed by atoms with van der Waals surface area (Å²) in [6, 6.07) is 0.364. The van der Waals surface area contributed by atoms with Crippen molar-refractivity contribution < 1.29 is 4.79 Å². The molecule has 3 nitrogen and oxygen atoms in total. The van der Waals surface area contributed by atoms with E-state index in [2.05, 4.69) is 33.0 Å². The molecule has 1 aliphatic rings. The van der Waals surface area contributed by atoms with Crippen molar-refractivity contribution >= 4 is 5.91 Å². The van der Waals surface area contributed by atoms with Crippen LogP contribution in [-0.2, 0) is 4.79 Å². The second-order valence-corrected chi connectivity index (χ2v) is 7.85. The third-order valence-corrected chi connectivity index (χ3v) is 4.26. The number of amides is 1. The Morgan fingerprint density at radius 3 is 2.16 bits per heavy atom. The summed E-state index contributed by atoms with van der Waals surface area (Å²) in [4.78, 5) is 13.9. The number of carbonyl (C=O) groups excluding carboxylic acids is 1. The Kier molecular flexibility index (Phi) is 5.05. The molecule has 1 atom stereocenters. The fourth-order valence-corrected chi connectivity index (χ4v) is 3.88. The summed E-state index contributed by atoms with van der Waals surface area (Å²) < 4.78 is 0. The number of likely N-dealkylation sites (N-methyl/N-ethyl adjacent to an activating group) is 1. The molecule has 0 spiro atoms. The van der Waals surface area contributed by atoms with Crippen LogP contribution in [0.1, 0.15) is 60.8 Å². The Labute approximate surface area is 119 Å². The van der Waals surface area contributed by atoms with E-state index in [1.807, 2.05) is 20.9 Å². The maximum atomic E-state index is 12.1. The first-order valence-corrected chi connectivity index (χ1v) is 7.57. The first-order valence-electron chi connectivity index (χ1n) is 7.57. The minimum atomic E-state index is -0.0837. The van der Waals surface area contributed by atoms with Gasteiger partial charge in [-0.3, -0.25) is 4.79 Å². The Morgan fingerprint density at radius 1 is 1.26 bits per heavy atom. The Bertz CT molecular complexity index is 307. The molecule has 112 valence electrons. The first kappa shape index (κ1) is 16.5. The number of hydrogen-bond donors (Lipinski definition) is 1. The van der Waals surface area contributed by atoms with E-state index in [0.717, 1.165) is 19.4 Å². The zero-order chi connectivity index (χ0) is 14.8. The highest BCUT2D eigenvalue weighted by Crippen LogP contribution is 2.45. The first-order chi connectivity index (χ1) is 8.56. The molecular formula is C16H32N2O. The number of hydrogen-bond acceptors (Lipinski definition) is 2. The number of nitrogens with zero attached hydrogens (tertiary/aromatic N) is 1. The van der Waals surface area contributed by atoms with Crippen LogP contribution in [0.3, 0.4) is 0 Å². The van der Waals surface area contributed by atoms with E-state index >= 15 is 0 Å². The second kappa shape index (κ2) is 5.82. The van der Waals surface area contributed by atoms with Crippen molar-refractivity contribution in [2.45, 2.75) is 72.9 Å². The third-order valence-electron chi connectivity index (χ3n) is 4.26. The lowest BCUT2D eigenvalue weighted by molar-refractivity contribution is -0.132. The molecule has 0 heterocycles. The molecule has 0 aromatic rings. The molecule has 1 saturated carbocycles. The van der Waals surface area contributed by atoms with Gasteiger partial charge in [-0.15, -0.1) is 0 Å². The number of carbonyl (C=O) groups is 1. The van der Waals surface area contributed by atoms with Crippen LogP contribution in [0, 0.1) is 10.8 Å². The molecule has 1 unspecified atom stereocenters. The topological polar surface area (TPSA) is 32.3 Å². The Morgan fingerprint density at radius 2 is 1.74 bits per heavy atom. The van der Waals surface area contributed by atoms with Crippen LogP contribution in [0.5, 0.6) is 0 Å². The summed E-state index contributed by atoms with van der Waals surface area (Å²) in [6.45, 7) is 14.1. The van der Waals surface area contributed by atoms with Crippen LogP contribution in [0.2, 0.25) is 0 Å². The molecule has 0 aliphatic heterocycles. The maximum absolute atomic E-state index is 12.1. The molecule has 0 bridgehead atoms. The molecule has 19 heavy (non-hydrogen) atoms. The van der Waals surface area contributed by atoms with Crippen molar-refractivity contribution in [1.29, 1.82) is 0 Å². The lowest BCUT2D eigenvalue weighted by Crippen LogP contribution is -2.51. The van der Waals surface area contributed by atoms with Gasteiger partial charge in [-0.05, 0) is 43.9 Å². The molecule has 0 aromatic heterocycles. The largest absolute Gasteiger partial charge is 0.345 e. The molecule has 1 amide bonds. The number of rotatable bonds is 4. The van der Waals surface area contributed by atoms with Crippen molar-refractivity contribution in [3.63, 3.8) is 0 Å². The SMILES string of the molecule is CCN(C)C(=O)C(C)NC1CC(C)(C)CC(C)(C)C1. The van der Waals surface area contributed by atoms with E-state index in [-0.39, 0.29) is 11.9 Å². The molecular weight excluding hydrogens is 236 g/mol. The fraction of sp³-hybridized carbons (Fsp3) is 0.938. The summed E-state index contributed by atoms with van der Waals surface area (Å²) in [5, 5.41) is 3.55. The molecule has 0 saturated heterocycles. The van der Waals surface area contributed by atoms with Crippen molar-refractivity contribution in [2.75, 3.05) is 13.6 Å². The van der Waals surface area contributed by atoms with Gasteiger partial charge in [-0.25, -0.2) is 0 Å². The highest BCUT2D eigenvalue weighted by molar-refractivity contribution is 5.81. The minimum Gasteiger partial charge on any atom is -0.345 e. The fourth-order valence-electron chi connectivity index (χ4n) is 3.88. The smallest absolute Gasteiger partial charge is 0.239 e. The number of nitrogens with one attached hydrogen (secondary N) is 1. The predicted molar refractivity (Wildman–Crippen MR) is 81.1 cm³/mol. The van der Waals surface area contributed by atoms with Gasteiger partial charge in [0.2, 0.25) is 5.91 Å². The van der Waals surface area contributed by atoms with Crippen molar-refractivity contribution in [3.05, 3.63) is 0 Å². The van der Waals surface area contributed by atoms with Crippen molar-refractivity contribution in [2.24, 2.45) is 10.8 Å². The van der Waals surface area contributed by atoms with E-state index < -0.39 is 0 Å². The van der Waals surface area contributed by atoms with Crippen LogP contribution in [-0.4, -0.2) is 36.5 Å². The van der Waals surface area contributed by atoms with Crippen molar-refractivity contribution in [1.82, 2.24) is 10.2 Å². The van der Waals surface area contributed by atoms with Gasteiger partial charge in [0, 0.05) is 19.6 Å². The van der Waals surface area contributed by atoms with Crippen LogP contribution in [0.15, 0.2) is 0 Å². The third kappa shape index (κ3) is 4.79. The average molecular weight is 268 g/mol. The van der Waals surface area contributed by atoms with Crippen LogP contribution in [0.4, 0.5) is 0 Å². The second-order valence-electron chi connectivity index (χ2n) is 7.85. The molecule has 1 fully saturated rings. The van der Waals surface area contributed by atoms with Gasteiger partial charge in [0.1, 0.15) is 0 Å². The summed E-state index contributed by atoms with van der Waals surface area (Å²) in [5.74, 6) is 0.198. The molecule has 1 N–H and O–H groups in total. The van der Waals surface area contributed by atoms with Gasteiger partial charge >= 0.3 is 0 Å². The zero-order valence-corrected chi connectivity index (χ0v) is 13.8. The summed E-state index contributed by atoms with van der Waals surface area (Å²) in [6.07, 6.45) is 3.57. The highest BCUT2D eigenvalue weighted by atomic mass is 16.2. The van der Waals surface area contributed by atoms with E-state index in [1.54, 1.807) is 4.90 Å². The quantitative estimate of drug-likeness (QED) is 0.850. The van der Waals surface area contributed by atoms with E-state index in [0.29, 0.717) is 16.9 Å². The maximum Gasteiger partial charge on any atom is 0.239 e. The van der Waals surface area contributed by atoms with Gasteiger partial charge < -0.3 is 10.2 Å². The molecule has 1 rings (SSSR count). The van der Waals surface area contributed by atoms with E-state index in [4.69, 9.17) is 0 Å². The lowest BCUT2D eigenvalue weighted by atomic mass is 9.63. The van der Waals surface area contributed by atoms with Gasteiger partial charge in [0.15, 0.2) is 0 Å². The van der Waals surface area contributed by atoms with E-state index in [9.17, 15) is 4.79 Å². The summed E-state index contributed by atoms with van der Waals surface area (Å²) in [5.41, 5.74) is 0.720. The van der Waals surface area contributed by atoms with E-state index in [1.165, 1.54) is 6.42 Å². The molecule has 0 aromatic carbocycles. The monoisotopic (exact) mass is 268 g/mol. The Balaban J connectivity index is 2.63. The molecule has 1 aliphatic carbocycles. The van der Waals surface area contributed by atoms with Crippen LogP contribution < -0.4 is 5.32 Å². The highest BCUT2D eigenvalue weighted by Gasteiger charge is 2.39. The predicted octanol–water partition coefficient (Wildman–Crippen LogP) is 3.05. The van der Waals surface area contributed by atoms with Gasteiger partial charge in [-0.2, -0.15) is 0 Å². The molecule has 0 radical (unpaired) electrons. The van der Waals surface area contributed by atoms with Gasteiger partial charge in [0.05, 0.1) is 6.04 Å². The van der Waals surface area contributed by atoms with Crippen molar-refractivity contribution in [3.8, 4) is 0 Å². The summed E-state index contributed by atoms with van der Waals surface area (Å²) in [7, 11) is 1.87. The van der Waals surface area contributed by atoms with Crippen LogP contribution >= 0.6 is 0 Å². The average Bonchev–Trinajstić information content (AvgIpc) is 2.22. The van der Waals surface area contributed by atoms with Gasteiger partial charge in [-0.1, -0.05) is 27.7 Å². The summed E-state index contributed by atoms with van der Waals surface area (Å²) >= 11 is 0. The van der Waals surface area contributed by atoms with Gasteiger partial charge in [0.25, 0.3) is 0 Å². The standard InChI is InChI=1S/C16H32N2O/c1-8-18(7)14(19)12(2)17-13-9-15(3,4)11-16(5,6)10-13/h12-13,17H,8-11H2,1-7H3. The Hall–Kier alpha value is -0.570. The lowest BCUT2D eigenvalue weighted by Gasteiger charge is -2.46. The molecule has 3 heteroatoms.